The molecule has 5 nitrogen and oxygen atoms in total. The molecule has 104 valence electrons. The topological polar surface area (TPSA) is 67.4 Å². The zero-order valence-electron chi connectivity index (χ0n) is 11.3. The van der Waals surface area contributed by atoms with Crippen LogP contribution in [0.1, 0.15) is 19.4 Å². The molecule has 0 bridgehead atoms. The molecule has 1 amide bonds. The first-order chi connectivity index (χ1) is 9.06. The number of ether oxygens (including phenoxy) is 1. The van der Waals surface area contributed by atoms with Gasteiger partial charge in [-0.25, -0.2) is 0 Å². The van der Waals surface area contributed by atoms with E-state index in [0.717, 1.165) is 18.7 Å². The Bertz CT molecular complexity index is 404. The molecular weight excluding hydrogens is 244 g/mol. The second kappa shape index (κ2) is 7.53. The Morgan fingerprint density at radius 3 is 2.42 bits per heavy atom. The molecule has 0 atom stereocenters. The minimum Gasteiger partial charge on any atom is -0.463 e. The van der Waals surface area contributed by atoms with Crippen LogP contribution >= 0.6 is 0 Å². The van der Waals surface area contributed by atoms with Crippen molar-refractivity contribution in [1.82, 2.24) is 10.6 Å². The maximum atomic E-state index is 10.9. The maximum absolute atomic E-state index is 10.9. The van der Waals surface area contributed by atoms with Crippen LogP contribution in [0.2, 0.25) is 0 Å². The van der Waals surface area contributed by atoms with Crippen LogP contribution in [0.5, 0.6) is 0 Å². The van der Waals surface area contributed by atoms with Crippen molar-refractivity contribution in [3.63, 3.8) is 0 Å². The molecule has 0 aromatic heterocycles. The minimum absolute atomic E-state index is 0.0914. The second-order valence-electron chi connectivity index (χ2n) is 4.70. The lowest BCUT2D eigenvalue weighted by Gasteiger charge is -2.29. The van der Waals surface area contributed by atoms with Crippen molar-refractivity contribution < 1.29 is 14.3 Å². The van der Waals surface area contributed by atoms with E-state index in [2.05, 4.69) is 15.4 Å². The van der Waals surface area contributed by atoms with Crippen LogP contribution in [0, 0.1) is 0 Å². The average Bonchev–Trinajstić information content (AvgIpc) is 2.42. The van der Waals surface area contributed by atoms with Gasteiger partial charge in [0.15, 0.2) is 0 Å². The lowest BCUT2D eigenvalue weighted by Crippen LogP contribution is -2.59. The summed E-state index contributed by atoms with van der Waals surface area (Å²) in [6.45, 7) is 6.20. The van der Waals surface area contributed by atoms with Gasteiger partial charge in [-0.05, 0) is 19.4 Å². The zero-order valence-corrected chi connectivity index (χ0v) is 11.3. The third kappa shape index (κ3) is 5.52. The molecule has 1 aliphatic heterocycles. The number of rotatable bonds is 3. The molecule has 2 rings (SSSR count). The highest BCUT2D eigenvalue weighted by molar-refractivity contribution is 5.86. The number of hydrogen-bond donors (Lipinski definition) is 2. The summed E-state index contributed by atoms with van der Waals surface area (Å²) in [5, 5.41) is 5.87. The fourth-order valence-corrected chi connectivity index (χ4v) is 1.56. The summed E-state index contributed by atoms with van der Waals surface area (Å²) in [4.78, 5) is 20.7. The van der Waals surface area contributed by atoms with Crippen LogP contribution in [-0.4, -0.2) is 31.0 Å². The summed E-state index contributed by atoms with van der Waals surface area (Å²) in [7, 11) is 0. The molecule has 0 spiro atoms. The average molecular weight is 264 g/mol. The van der Waals surface area contributed by atoms with Crippen molar-refractivity contribution in [2.75, 3.05) is 13.1 Å². The molecule has 0 aliphatic carbocycles. The van der Waals surface area contributed by atoms with Crippen LogP contribution in [0.4, 0.5) is 0 Å². The van der Waals surface area contributed by atoms with Gasteiger partial charge < -0.3 is 15.4 Å². The maximum Gasteiger partial charge on any atom is 0.293 e. The summed E-state index contributed by atoms with van der Waals surface area (Å²) in [6.07, 6.45) is 0. The van der Waals surface area contributed by atoms with Gasteiger partial charge in [0.2, 0.25) is 5.91 Å². The van der Waals surface area contributed by atoms with Crippen LogP contribution in [0.25, 0.3) is 0 Å². The predicted octanol–water partition coefficient (Wildman–Crippen LogP) is 0.844. The Hall–Kier alpha value is -1.88. The van der Waals surface area contributed by atoms with Crippen molar-refractivity contribution in [2.24, 2.45) is 0 Å². The predicted molar refractivity (Wildman–Crippen MR) is 72.4 cm³/mol. The second-order valence-corrected chi connectivity index (χ2v) is 4.70. The highest BCUT2D eigenvalue weighted by Gasteiger charge is 2.28. The number of amides is 1. The van der Waals surface area contributed by atoms with Crippen molar-refractivity contribution in [3.05, 3.63) is 35.9 Å². The Kier molecular flexibility index (Phi) is 6.02. The molecule has 19 heavy (non-hydrogen) atoms. The minimum atomic E-state index is -0.363. The van der Waals surface area contributed by atoms with Crippen molar-refractivity contribution in [1.29, 1.82) is 0 Å². The van der Waals surface area contributed by atoms with E-state index in [1.54, 1.807) is 0 Å². The third-order valence-corrected chi connectivity index (χ3v) is 2.71. The molecule has 1 aromatic carbocycles. The summed E-state index contributed by atoms with van der Waals surface area (Å²) in [6, 6.07) is 9.55. The van der Waals surface area contributed by atoms with Gasteiger partial charge in [0.05, 0.1) is 5.54 Å². The van der Waals surface area contributed by atoms with Crippen LogP contribution in [0.3, 0.4) is 0 Å². The molecule has 0 radical (unpaired) electrons. The molecule has 0 saturated carbocycles. The van der Waals surface area contributed by atoms with Crippen molar-refractivity contribution >= 4 is 12.4 Å². The summed E-state index contributed by atoms with van der Waals surface area (Å²) in [5.74, 6) is 0.0914. The Morgan fingerprint density at radius 2 is 1.95 bits per heavy atom. The molecular formula is C14H20N2O3. The SMILES string of the molecule is CC1(C)NCCNC1=O.O=COCc1ccccc1. The van der Waals surface area contributed by atoms with E-state index >= 15 is 0 Å². The van der Waals surface area contributed by atoms with E-state index in [1.807, 2.05) is 44.2 Å². The summed E-state index contributed by atoms with van der Waals surface area (Å²) in [5.41, 5.74) is 0.646. The number of carbonyl (C=O) groups is 2. The van der Waals surface area contributed by atoms with Gasteiger partial charge in [0.1, 0.15) is 6.61 Å². The van der Waals surface area contributed by atoms with E-state index in [1.165, 1.54) is 0 Å². The summed E-state index contributed by atoms with van der Waals surface area (Å²) < 4.78 is 4.54. The standard InChI is InChI=1S/C8H8O2.C6H12N2O/c9-7-10-6-8-4-2-1-3-5-8;1-6(2)5(9)7-3-4-8-6/h1-5,7H,6H2;8H,3-4H2,1-2H3,(H,7,9). The molecule has 1 heterocycles. The Morgan fingerprint density at radius 1 is 1.26 bits per heavy atom. The molecule has 5 heteroatoms. The number of benzene rings is 1. The third-order valence-electron chi connectivity index (χ3n) is 2.71. The van der Waals surface area contributed by atoms with Gasteiger partial charge in [-0.1, -0.05) is 30.3 Å². The monoisotopic (exact) mass is 264 g/mol. The van der Waals surface area contributed by atoms with Gasteiger partial charge in [-0.3, -0.25) is 9.59 Å². The lowest BCUT2D eigenvalue weighted by atomic mass is 10.0. The molecule has 1 saturated heterocycles. The summed E-state index contributed by atoms with van der Waals surface area (Å²) >= 11 is 0. The molecule has 0 unspecified atom stereocenters. The van der Waals surface area contributed by atoms with E-state index in [4.69, 9.17) is 0 Å². The van der Waals surface area contributed by atoms with Crippen LogP contribution < -0.4 is 10.6 Å². The first-order valence-electron chi connectivity index (χ1n) is 6.19. The van der Waals surface area contributed by atoms with Gasteiger partial charge in [-0.2, -0.15) is 0 Å². The number of piperazine rings is 1. The van der Waals surface area contributed by atoms with Crippen LogP contribution in [-0.2, 0) is 20.9 Å². The molecule has 1 fully saturated rings. The van der Waals surface area contributed by atoms with E-state index in [-0.39, 0.29) is 11.4 Å². The number of nitrogens with one attached hydrogen (secondary N) is 2. The largest absolute Gasteiger partial charge is 0.463 e. The number of hydrogen-bond acceptors (Lipinski definition) is 4. The van der Waals surface area contributed by atoms with Crippen molar-refractivity contribution in [3.8, 4) is 0 Å². The van der Waals surface area contributed by atoms with E-state index in [9.17, 15) is 9.59 Å². The zero-order chi connectivity index (χ0) is 14.1. The molecule has 1 aliphatic rings. The molecule has 1 aromatic rings. The fraction of sp³-hybridized carbons (Fsp3) is 0.429. The van der Waals surface area contributed by atoms with E-state index in [0.29, 0.717) is 13.1 Å². The van der Waals surface area contributed by atoms with Gasteiger partial charge >= 0.3 is 0 Å². The highest BCUT2D eigenvalue weighted by atomic mass is 16.5. The normalized spacial score (nSPS) is 16.6. The Balaban J connectivity index is 0.000000191. The smallest absolute Gasteiger partial charge is 0.293 e. The molecule has 2 N–H and O–H groups in total. The highest BCUT2D eigenvalue weighted by Crippen LogP contribution is 2.03. The van der Waals surface area contributed by atoms with Crippen molar-refractivity contribution in [2.45, 2.75) is 26.0 Å². The first-order valence-corrected chi connectivity index (χ1v) is 6.19. The van der Waals surface area contributed by atoms with Crippen LogP contribution in [0.15, 0.2) is 30.3 Å². The lowest BCUT2D eigenvalue weighted by molar-refractivity contribution is -0.130. The quantitative estimate of drug-likeness (QED) is 0.794. The van der Waals surface area contributed by atoms with Gasteiger partial charge in [-0.15, -0.1) is 0 Å². The number of carbonyl (C=O) groups excluding carboxylic acids is 2. The Labute approximate surface area is 113 Å². The van der Waals surface area contributed by atoms with E-state index < -0.39 is 0 Å². The first kappa shape index (κ1) is 15.2. The fourth-order valence-electron chi connectivity index (χ4n) is 1.56. The van der Waals surface area contributed by atoms with Gasteiger partial charge in [0.25, 0.3) is 6.47 Å². The van der Waals surface area contributed by atoms with Gasteiger partial charge in [0, 0.05) is 13.1 Å².